The maximum absolute atomic E-state index is 13.5. The third kappa shape index (κ3) is 11.4. The minimum Gasteiger partial charge on any atom is -0.388 e. The summed E-state index contributed by atoms with van der Waals surface area (Å²) in [6, 6.07) is 36.5. The Balaban J connectivity index is 1.35. The van der Waals surface area contributed by atoms with Crippen LogP contribution in [0.4, 0.5) is 0 Å². The summed E-state index contributed by atoms with van der Waals surface area (Å²) in [7, 11) is -8.24. The smallest absolute Gasteiger partial charge is 0.388 e. The lowest BCUT2D eigenvalue weighted by Crippen LogP contribution is -2.21. The van der Waals surface area contributed by atoms with Gasteiger partial charge in [-0.25, -0.2) is 9.13 Å². The van der Waals surface area contributed by atoms with Crippen molar-refractivity contribution in [2.24, 2.45) is 0 Å². The van der Waals surface area contributed by atoms with Crippen molar-refractivity contribution in [3.8, 4) is 0 Å². The Bertz CT molecular complexity index is 1200. The van der Waals surface area contributed by atoms with Gasteiger partial charge in [-0.3, -0.25) is 27.1 Å². The Morgan fingerprint density at radius 3 is 0.905 bits per heavy atom. The van der Waals surface area contributed by atoms with E-state index in [-0.39, 0.29) is 26.4 Å². The lowest BCUT2D eigenvalue weighted by molar-refractivity contribution is 0.0156. The van der Waals surface area contributed by atoms with Crippen LogP contribution in [0.2, 0.25) is 0 Å². The average molecular weight is 613 g/mol. The lowest BCUT2D eigenvalue weighted by Gasteiger charge is -2.22. The Morgan fingerprint density at radius 2 is 0.667 bits per heavy atom. The topological polar surface area (TPSA) is 110 Å². The van der Waals surface area contributed by atoms with E-state index in [4.69, 9.17) is 27.1 Å². The van der Waals surface area contributed by atoms with Crippen LogP contribution in [-0.2, 0) is 62.7 Å². The van der Waals surface area contributed by atoms with E-state index in [0.717, 1.165) is 22.3 Å². The fourth-order valence-electron chi connectivity index (χ4n) is 3.54. The van der Waals surface area contributed by atoms with Crippen molar-refractivity contribution in [2.45, 2.75) is 32.5 Å². The molecule has 0 atom stereocenters. The van der Waals surface area contributed by atoms with Crippen LogP contribution in [0.5, 0.6) is 0 Å². The molecule has 9 nitrogen and oxygen atoms in total. The summed E-state index contributed by atoms with van der Waals surface area (Å²) in [6.45, 7) is -1.11. The highest BCUT2D eigenvalue weighted by atomic mass is 31.2. The number of benzene rings is 4. The first-order valence-electron chi connectivity index (χ1n) is 13.3. The van der Waals surface area contributed by atoms with Crippen LogP contribution < -0.4 is 0 Å². The molecular formula is C31H34O9P2. The predicted molar refractivity (Wildman–Crippen MR) is 158 cm³/mol. The van der Waals surface area contributed by atoms with Crippen molar-refractivity contribution in [3.05, 3.63) is 144 Å². The van der Waals surface area contributed by atoms with Crippen LogP contribution >= 0.6 is 15.6 Å². The molecule has 4 aromatic rings. The maximum atomic E-state index is 13.5. The number of aliphatic hydroxyl groups is 1. The van der Waals surface area contributed by atoms with Crippen molar-refractivity contribution in [1.82, 2.24) is 0 Å². The SMILES string of the molecule is O=P(OCc1ccccc1)(OCc1ccccc1)OCC(O)COP(=O)(OCc1ccccc1)OCc1ccccc1. The first kappa shape index (κ1) is 32.0. The molecule has 4 rings (SSSR count). The summed E-state index contributed by atoms with van der Waals surface area (Å²) >= 11 is 0. The second-order valence-corrected chi connectivity index (χ2v) is 12.5. The minimum atomic E-state index is -4.12. The van der Waals surface area contributed by atoms with Crippen molar-refractivity contribution in [1.29, 1.82) is 0 Å². The molecule has 0 radical (unpaired) electrons. The highest BCUT2D eigenvalue weighted by molar-refractivity contribution is 7.48. The van der Waals surface area contributed by atoms with E-state index < -0.39 is 35.0 Å². The molecule has 0 heterocycles. The molecule has 0 aliphatic heterocycles. The van der Waals surface area contributed by atoms with Gasteiger partial charge in [-0.05, 0) is 22.3 Å². The van der Waals surface area contributed by atoms with Gasteiger partial charge in [0, 0.05) is 0 Å². The molecule has 0 aliphatic rings. The van der Waals surface area contributed by atoms with E-state index >= 15 is 0 Å². The molecule has 0 aromatic heterocycles. The molecule has 4 aromatic carbocycles. The van der Waals surface area contributed by atoms with E-state index in [9.17, 15) is 14.2 Å². The van der Waals surface area contributed by atoms with E-state index in [0.29, 0.717) is 0 Å². The van der Waals surface area contributed by atoms with Crippen LogP contribution in [0.25, 0.3) is 0 Å². The Hall–Kier alpha value is -2.94. The third-order valence-electron chi connectivity index (χ3n) is 5.78. The molecule has 0 bridgehead atoms. The van der Waals surface area contributed by atoms with Gasteiger partial charge < -0.3 is 5.11 Å². The van der Waals surface area contributed by atoms with Gasteiger partial charge in [-0.1, -0.05) is 121 Å². The van der Waals surface area contributed by atoms with Gasteiger partial charge in [0.05, 0.1) is 39.6 Å². The molecule has 0 unspecified atom stereocenters. The van der Waals surface area contributed by atoms with E-state index in [1.165, 1.54) is 0 Å². The summed E-state index contributed by atoms with van der Waals surface area (Å²) < 4.78 is 60.1. The first-order chi connectivity index (χ1) is 20.4. The zero-order valence-corrected chi connectivity index (χ0v) is 24.8. The molecule has 1 N–H and O–H groups in total. The van der Waals surface area contributed by atoms with Gasteiger partial charge in [-0.2, -0.15) is 0 Å². The largest absolute Gasteiger partial charge is 0.475 e. The fourth-order valence-corrected chi connectivity index (χ4v) is 5.92. The third-order valence-corrected chi connectivity index (χ3v) is 8.49. The second-order valence-electron chi connectivity index (χ2n) is 9.18. The lowest BCUT2D eigenvalue weighted by atomic mass is 10.2. The van der Waals surface area contributed by atoms with Gasteiger partial charge in [0.1, 0.15) is 6.10 Å². The number of hydrogen-bond acceptors (Lipinski definition) is 9. The standard InChI is InChI=1S/C31H34O9P2/c32-31(25-39-41(33,35-21-27-13-5-1-6-14-27)36-22-28-15-7-2-8-16-28)26-40-42(34,37-23-29-17-9-3-10-18-29)38-24-30-19-11-4-12-20-30/h1-20,31-32H,21-26H2. The van der Waals surface area contributed by atoms with Crippen molar-refractivity contribution in [3.63, 3.8) is 0 Å². The molecular weight excluding hydrogens is 578 g/mol. The normalized spacial score (nSPS) is 12.0. The van der Waals surface area contributed by atoms with Gasteiger partial charge in [0.15, 0.2) is 0 Å². The van der Waals surface area contributed by atoms with Gasteiger partial charge in [0.2, 0.25) is 0 Å². The van der Waals surface area contributed by atoms with Crippen molar-refractivity contribution < 1.29 is 41.4 Å². The second kappa shape index (κ2) is 16.6. The molecule has 0 spiro atoms. The highest BCUT2D eigenvalue weighted by Gasteiger charge is 2.31. The predicted octanol–water partition coefficient (Wildman–Crippen LogP) is 7.46. The zero-order chi connectivity index (χ0) is 29.5. The zero-order valence-electron chi connectivity index (χ0n) is 23.0. The van der Waals surface area contributed by atoms with Crippen LogP contribution in [0.1, 0.15) is 22.3 Å². The van der Waals surface area contributed by atoms with Gasteiger partial charge in [0.25, 0.3) is 0 Å². The van der Waals surface area contributed by atoms with Crippen molar-refractivity contribution in [2.75, 3.05) is 13.2 Å². The van der Waals surface area contributed by atoms with E-state index in [1.807, 2.05) is 121 Å². The molecule has 0 aliphatic carbocycles. The first-order valence-corrected chi connectivity index (χ1v) is 16.2. The van der Waals surface area contributed by atoms with Gasteiger partial charge >= 0.3 is 15.6 Å². The number of phosphoric acid groups is 2. The molecule has 0 amide bonds. The summed E-state index contributed by atoms with van der Waals surface area (Å²) in [4.78, 5) is 0. The van der Waals surface area contributed by atoms with Crippen LogP contribution in [-0.4, -0.2) is 24.4 Å². The average Bonchev–Trinajstić information content (AvgIpc) is 3.05. The maximum Gasteiger partial charge on any atom is 0.475 e. The van der Waals surface area contributed by atoms with E-state index in [2.05, 4.69) is 0 Å². The van der Waals surface area contributed by atoms with Crippen molar-refractivity contribution >= 4 is 15.6 Å². The molecule has 222 valence electrons. The number of phosphoric ester groups is 2. The Labute approximate surface area is 246 Å². The van der Waals surface area contributed by atoms with Crippen LogP contribution in [0, 0.1) is 0 Å². The van der Waals surface area contributed by atoms with Crippen LogP contribution in [0.15, 0.2) is 121 Å². The minimum absolute atomic E-state index is 0.0324. The highest BCUT2D eigenvalue weighted by Crippen LogP contribution is 2.52. The van der Waals surface area contributed by atoms with E-state index in [1.54, 1.807) is 0 Å². The number of aliphatic hydroxyl groups excluding tert-OH is 1. The number of rotatable bonds is 18. The Morgan fingerprint density at radius 1 is 0.429 bits per heavy atom. The quantitative estimate of drug-likeness (QED) is 0.115. The molecule has 0 saturated heterocycles. The Kier molecular flexibility index (Phi) is 12.7. The summed E-state index contributed by atoms with van der Waals surface area (Å²) in [5.74, 6) is 0. The summed E-state index contributed by atoms with van der Waals surface area (Å²) in [5.41, 5.74) is 3.06. The summed E-state index contributed by atoms with van der Waals surface area (Å²) in [5, 5.41) is 10.6. The number of hydrogen-bond donors (Lipinski definition) is 1. The molecule has 0 fully saturated rings. The molecule has 11 heteroatoms. The molecule has 42 heavy (non-hydrogen) atoms. The molecule has 0 saturated carbocycles. The van der Waals surface area contributed by atoms with Gasteiger partial charge in [-0.15, -0.1) is 0 Å². The summed E-state index contributed by atoms with van der Waals surface area (Å²) in [6.07, 6.45) is -1.35. The fraction of sp³-hybridized carbons (Fsp3) is 0.226. The monoisotopic (exact) mass is 612 g/mol. The van der Waals surface area contributed by atoms with Crippen LogP contribution in [0.3, 0.4) is 0 Å².